The number of alkyl halides is 3. The zero-order valence-electron chi connectivity index (χ0n) is 11.7. The highest BCUT2D eigenvalue weighted by molar-refractivity contribution is 5.96. The van der Waals surface area contributed by atoms with Crippen LogP contribution in [0.2, 0.25) is 0 Å². The van der Waals surface area contributed by atoms with Gasteiger partial charge in [0.1, 0.15) is 0 Å². The molecule has 0 saturated heterocycles. The summed E-state index contributed by atoms with van der Waals surface area (Å²) in [5.74, 6) is -0.686. The summed E-state index contributed by atoms with van der Waals surface area (Å²) < 4.78 is 42.3. The van der Waals surface area contributed by atoms with E-state index in [0.717, 1.165) is 12.1 Å². The maximum Gasteiger partial charge on any atom is 0.416 e. The molecule has 0 heterocycles. The van der Waals surface area contributed by atoms with E-state index in [1.807, 2.05) is 0 Å². The topological polar surface area (TPSA) is 43.4 Å². The standard InChI is InChI=1S/C15H17F3O3/c1-2-21-14(20)9-4-3-8-13(19)11-6-5-7-12(10-11)15(16,17)18/h5-7,10H,2-4,8-9H2,1H3. The fourth-order valence-electron chi connectivity index (χ4n) is 1.80. The molecule has 0 radical (unpaired) electrons. The van der Waals surface area contributed by atoms with E-state index in [9.17, 15) is 22.8 Å². The Morgan fingerprint density at radius 1 is 1.14 bits per heavy atom. The van der Waals surface area contributed by atoms with Crippen LogP contribution in [0.1, 0.15) is 48.5 Å². The summed E-state index contributed by atoms with van der Waals surface area (Å²) in [5, 5.41) is 0. The molecule has 21 heavy (non-hydrogen) atoms. The lowest BCUT2D eigenvalue weighted by Gasteiger charge is -2.08. The quantitative estimate of drug-likeness (QED) is 0.434. The number of hydrogen-bond donors (Lipinski definition) is 0. The van der Waals surface area contributed by atoms with Crippen LogP contribution in [0.15, 0.2) is 24.3 Å². The highest BCUT2D eigenvalue weighted by atomic mass is 19.4. The molecular formula is C15H17F3O3. The number of carbonyl (C=O) groups excluding carboxylic acids is 2. The molecule has 0 fully saturated rings. The molecule has 3 nitrogen and oxygen atoms in total. The summed E-state index contributed by atoms with van der Waals surface area (Å²) in [6.45, 7) is 2.01. The third-order valence-electron chi connectivity index (χ3n) is 2.85. The number of carbonyl (C=O) groups is 2. The maximum absolute atomic E-state index is 12.5. The fourth-order valence-corrected chi connectivity index (χ4v) is 1.80. The SMILES string of the molecule is CCOC(=O)CCCCC(=O)c1cccc(C(F)(F)F)c1. The van der Waals surface area contributed by atoms with Gasteiger partial charge in [0.15, 0.2) is 5.78 Å². The van der Waals surface area contributed by atoms with Crippen LogP contribution < -0.4 is 0 Å². The van der Waals surface area contributed by atoms with E-state index < -0.39 is 11.7 Å². The van der Waals surface area contributed by atoms with Gasteiger partial charge in [-0.1, -0.05) is 12.1 Å². The molecule has 1 aromatic carbocycles. The van der Waals surface area contributed by atoms with Crippen LogP contribution in [0.25, 0.3) is 0 Å². The predicted octanol–water partition coefficient (Wildman–Crippen LogP) is 4.01. The van der Waals surface area contributed by atoms with Crippen molar-refractivity contribution >= 4 is 11.8 Å². The lowest BCUT2D eigenvalue weighted by atomic mass is 10.0. The van der Waals surface area contributed by atoms with Crippen molar-refractivity contribution in [3.63, 3.8) is 0 Å². The Morgan fingerprint density at radius 2 is 1.81 bits per heavy atom. The van der Waals surface area contributed by atoms with E-state index in [1.165, 1.54) is 12.1 Å². The van der Waals surface area contributed by atoms with Crippen LogP contribution in [0, 0.1) is 0 Å². The zero-order chi connectivity index (χ0) is 15.9. The second kappa shape index (κ2) is 7.81. The van der Waals surface area contributed by atoms with Crippen LogP contribution in [0.4, 0.5) is 13.2 Å². The summed E-state index contributed by atoms with van der Waals surface area (Å²) in [5.41, 5.74) is -0.791. The molecule has 0 atom stereocenters. The number of esters is 1. The van der Waals surface area contributed by atoms with Crippen molar-refractivity contribution in [2.24, 2.45) is 0 Å². The van der Waals surface area contributed by atoms with Gasteiger partial charge in [0.2, 0.25) is 0 Å². The molecule has 0 aromatic heterocycles. The molecule has 0 amide bonds. The van der Waals surface area contributed by atoms with E-state index in [2.05, 4.69) is 0 Å². The van der Waals surface area contributed by atoms with E-state index >= 15 is 0 Å². The van der Waals surface area contributed by atoms with Crippen LogP contribution >= 0.6 is 0 Å². The molecule has 6 heteroatoms. The first-order chi connectivity index (χ1) is 9.84. The van der Waals surface area contributed by atoms with Crippen molar-refractivity contribution in [2.45, 2.75) is 38.8 Å². The Hall–Kier alpha value is -1.85. The van der Waals surface area contributed by atoms with Gasteiger partial charge in [0.25, 0.3) is 0 Å². The Morgan fingerprint density at radius 3 is 2.43 bits per heavy atom. The van der Waals surface area contributed by atoms with Gasteiger partial charge in [-0.3, -0.25) is 9.59 Å². The normalized spacial score (nSPS) is 11.2. The Balaban J connectivity index is 2.48. The molecule has 0 unspecified atom stereocenters. The smallest absolute Gasteiger partial charge is 0.416 e. The number of rotatable bonds is 7. The molecule has 0 aliphatic rings. The largest absolute Gasteiger partial charge is 0.466 e. The minimum absolute atomic E-state index is 0.0426. The number of Topliss-reactive ketones (excluding diaryl/α,β-unsaturated/α-hetero) is 1. The summed E-state index contributed by atoms with van der Waals surface area (Å²) >= 11 is 0. The van der Waals surface area contributed by atoms with Crippen molar-refractivity contribution in [2.75, 3.05) is 6.61 Å². The molecule has 1 rings (SSSR count). The van der Waals surface area contributed by atoms with Gasteiger partial charge in [0.05, 0.1) is 12.2 Å². The average molecular weight is 302 g/mol. The molecular weight excluding hydrogens is 285 g/mol. The van der Waals surface area contributed by atoms with E-state index in [4.69, 9.17) is 4.74 Å². The van der Waals surface area contributed by atoms with Crippen molar-refractivity contribution in [3.8, 4) is 0 Å². The first kappa shape index (κ1) is 17.2. The Labute approximate surface area is 121 Å². The molecule has 0 aliphatic carbocycles. The summed E-state index contributed by atoms with van der Waals surface area (Å²) in [4.78, 5) is 22.9. The zero-order valence-corrected chi connectivity index (χ0v) is 11.7. The first-order valence-electron chi connectivity index (χ1n) is 6.70. The number of hydrogen-bond acceptors (Lipinski definition) is 3. The summed E-state index contributed by atoms with van der Waals surface area (Å²) in [7, 11) is 0. The third kappa shape index (κ3) is 5.97. The van der Waals surface area contributed by atoms with Gasteiger partial charge in [-0.15, -0.1) is 0 Å². The Kier molecular flexibility index (Phi) is 6.39. The average Bonchev–Trinajstić information content (AvgIpc) is 2.43. The van der Waals surface area contributed by atoms with Gasteiger partial charge in [-0.2, -0.15) is 13.2 Å². The molecule has 0 aliphatic heterocycles. The maximum atomic E-state index is 12.5. The molecule has 116 valence electrons. The highest BCUT2D eigenvalue weighted by Gasteiger charge is 2.30. The van der Waals surface area contributed by atoms with Crippen LogP contribution in [0.5, 0.6) is 0 Å². The lowest BCUT2D eigenvalue weighted by molar-refractivity contribution is -0.143. The van der Waals surface area contributed by atoms with Gasteiger partial charge < -0.3 is 4.74 Å². The van der Waals surface area contributed by atoms with Crippen LogP contribution in [0.3, 0.4) is 0 Å². The molecule has 1 aromatic rings. The highest BCUT2D eigenvalue weighted by Crippen LogP contribution is 2.29. The molecule has 0 N–H and O–H groups in total. The number of halogens is 3. The molecule has 0 saturated carbocycles. The van der Waals surface area contributed by atoms with Crippen molar-refractivity contribution in [1.82, 2.24) is 0 Å². The first-order valence-corrected chi connectivity index (χ1v) is 6.70. The van der Waals surface area contributed by atoms with Crippen LogP contribution in [-0.2, 0) is 15.7 Å². The summed E-state index contributed by atoms with van der Waals surface area (Å²) in [6, 6.07) is 4.36. The van der Waals surface area contributed by atoms with Gasteiger partial charge in [-0.25, -0.2) is 0 Å². The van der Waals surface area contributed by atoms with E-state index in [-0.39, 0.29) is 30.2 Å². The van der Waals surface area contributed by atoms with Crippen molar-refractivity contribution < 1.29 is 27.5 Å². The van der Waals surface area contributed by atoms with Crippen molar-refractivity contribution in [1.29, 1.82) is 0 Å². The van der Waals surface area contributed by atoms with Crippen molar-refractivity contribution in [3.05, 3.63) is 35.4 Å². The number of ketones is 1. The minimum Gasteiger partial charge on any atom is -0.466 e. The van der Waals surface area contributed by atoms with Gasteiger partial charge >= 0.3 is 12.1 Å². The second-order valence-electron chi connectivity index (χ2n) is 4.51. The molecule has 0 spiro atoms. The molecule has 0 bridgehead atoms. The summed E-state index contributed by atoms with van der Waals surface area (Å²) in [6.07, 6.45) is -3.22. The Bertz CT molecular complexity index is 495. The van der Waals surface area contributed by atoms with E-state index in [0.29, 0.717) is 19.4 Å². The number of ether oxygens (including phenoxy) is 1. The van der Waals surface area contributed by atoms with E-state index in [1.54, 1.807) is 6.92 Å². The van der Waals surface area contributed by atoms with Gasteiger partial charge in [-0.05, 0) is 31.9 Å². The lowest BCUT2D eigenvalue weighted by Crippen LogP contribution is -2.08. The minimum atomic E-state index is -4.46. The number of benzene rings is 1. The van der Waals surface area contributed by atoms with Crippen LogP contribution in [-0.4, -0.2) is 18.4 Å². The van der Waals surface area contributed by atoms with Gasteiger partial charge in [0, 0.05) is 18.4 Å². The predicted molar refractivity (Wildman–Crippen MR) is 70.9 cm³/mol. The number of unbranched alkanes of at least 4 members (excludes halogenated alkanes) is 1. The third-order valence-corrected chi connectivity index (χ3v) is 2.85. The second-order valence-corrected chi connectivity index (χ2v) is 4.51. The monoisotopic (exact) mass is 302 g/mol. The fraction of sp³-hybridized carbons (Fsp3) is 0.467.